The quantitative estimate of drug-likeness (QED) is 0.561. The summed E-state index contributed by atoms with van der Waals surface area (Å²) in [6.45, 7) is 4.36. The number of carbonyl (C=O) groups is 4. The van der Waals surface area contributed by atoms with Crippen LogP contribution < -0.4 is 10.1 Å². The number of carbonyl (C=O) groups excluding carboxylic acids is 4. The summed E-state index contributed by atoms with van der Waals surface area (Å²) in [5.41, 5.74) is 0.454. The third kappa shape index (κ3) is 6.68. The van der Waals surface area contributed by atoms with Crippen molar-refractivity contribution in [2.45, 2.75) is 45.6 Å². The first-order chi connectivity index (χ1) is 13.4. The second-order valence-electron chi connectivity index (χ2n) is 6.56. The molecule has 28 heavy (non-hydrogen) atoms. The molecule has 1 aliphatic rings. The molecule has 8 nitrogen and oxygen atoms in total. The number of esters is 2. The number of rotatable bonds is 7. The predicted molar refractivity (Wildman–Crippen MR) is 101 cm³/mol. The second kappa shape index (κ2) is 10.4. The van der Waals surface area contributed by atoms with Crippen molar-refractivity contribution in [1.82, 2.24) is 10.2 Å². The van der Waals surface area contributed by atoms with E-state index >= 15 is 0 Å². The van der Waals surface area contributed by atoms with Crippen LogP contribution >= 0.6 is 0 Å². The van der Waals surface area contributed by atoms with Crippen molar-refractivity contribution in [3.8, 4) is 5.75 Å². The van der Waals surface area contributed by atoms with E-state index in [1.807, 2.05) is 0 Å². The van der Waals surface area contributed by atoms with Gasteiger partial charge in [-0.2, -0.15) is 0 Å². The van der Waals surface area contributed by atoms with Crippen molar-refractivity contribution >= 4 is 23.8 Å². The summed E-state index contributed by atoms with van der Waals surface area (Å²) in [4.78, 5) is 48.7. The Labute approximate surface area is 164 Å². The van der Waals surface area contributed by atoms with Gasteiger partial charge in [0.2, 0.25) is 5.91 Å². The first-order valence-corrected chi connectivity index (χ1v) is 9.41. The third-order valence-electron chi connectivity index (χ3n) is 4.35. The second-order valence-corrected chi connectivity index (χ2v) is 6.56. The predicted octanol–water partition coefficient (Wildman–Crippen LogP) is 1.68. The van der Waals surface area contributed by atoms with Crippen LogP contribution in [0, 0.1) is 0 Å². The number of piperidine rings is 1. The molecule has 0 aromatic heterocycles. The van der Waals surface area contributed by atoms with E-state index in [1.54, 1.807) is 36.1 Å². The number of benzene rings is 1. The van der Waals surface area contributed by atoms with Crippen molar-refractivity contribution < 1.29 is 28.7 Å². The minimum Gasteiger partial charge on any atom is -0.466 e. The molecule has 1 N–H and O–H groups in total. The van der Waals surface area contributed by atoms with E-state index in [0.29, 0.717) is 43.9 Å². The van der Waals surface area contributed by atoms with Crippen LogP contribution in [0.15, 0.2) is 24.3 Å². The minimum absolute atomic E-state index is 0.0221. The van der Waals surface area contributed by atoms with E-state index in [2.05, 4.69) is 5.32 Å². The first-order valence-electron chi connectivity index (χ1n) is 9.41. The molecule has 0 atom stereocenters. The largest absolute Gasteiger partial charge is 0.466 e. The molecule has 1 aromatic carbocycles. The lowest BCUT2D eigenvalue weighted by atomic mass is 10.0. The van der Waals surface area contributed by atoms with Gasteiger partial charge in [-0.05, 0) is 38.0 Å². The highest BCUT2D eigenvalue weighted by molar-refractivity contribution is 5.94. The first kappa shape index (κ1) is 21.4. The van der Waals surface area contributed by atoms with Crippen molar-refractivity contribution in [2.75, 3.05) is 19.7 Å². The Morgan fingerprint density at radius 3 is 2.50 bits per heavy atom. The molecule has 1 saturated heterocycles. The van der Waals surface area contributed by atoms with Crippen LogP contribution in [-0.2, 0) is 19.1 Å². The lowest BCUT2D eigenvalue weighted by Crippen LogP contribution is -2.46. The summed E-state index contributed by atoms with van der Waals surface area (Å²) in [7, 11) is 0. The van der Waals surface area contributed by atoms with Crippen molar-refractivity contribution in [3.05, 3.63) is 29.8 Å². The summed E-state index contributed by atoms with van der Waals surface area (Å²) in [6, 6.07) is 6.50. The zero-order valence-electron chi connectivity index (χ0n) is 16.2. The van der Waals surface area contributed by atoms with E-state index in [4.69, 9.17) is 9.47 Å². The average Bonchev–Trinajstić information content (AvgIpc) is 2.66. The smallest absolute Gasteiger partial charge is 0.308 e. The number of likely N-dealkylation sites (tertiary alicyclic amines) is 1. The average molecular weight is 390 g/mol. The van der Waals surface area contributed by atoms with E-state index in [9.17, 15) is 19.2 Å². The van der Waals surface area contributed by atoms with E-state index in [-0.39, 0.29) is 36.7 Å². The minimum atomic E-state index is -0.441. The zero-order valence-corrected chi connectivity index (χ0v) is 16.2. The van der Waals surface area contributed by atoms with E-state index in [1.165, 1.54) is 6.92 Å². The molecule has 0 aliphatic carbocycles. The monoisotopic (exact) mass is 390 g/mol. The molecule has 0 radical (unpaired) electrons. The summed E-state index contributed by atoms with van der Waals surface area (Å²) < 4.78 is 9.82. The Bertz CT molecular complexity index is 725. The third-order valence-corrected chi connectivity index (χ3v) is 4.35. The summed E-state index contributed by atoms with van der Waals surface area (Å²) in [5.74, 6) is -0.812. The molecule has 1 heterocycles. The van der Waals surface area contributed by atoms with Gasteiger partial charge in [0, 0.05) is 38.0 Å². The Kier molecular flexibility index (Phi) is 7.98. The van der Waals surface area contributed by atoms with Crippen LogP contribution in [0.4, 0.5) is 0 Å². The van der Waals surface area contributed by atoms with Crippen LogP contribution in [0.3, 0.4) is 0 Å². The van der Waals surface area contributed by atoms with Crippen LogP contribution in [0.1, 0.15) is 49.9 Å². The summed E-state index contributed by atoms with van der Waals surface area (Å²) >= 11 is 0. The van der Waals surface area contributed by atoms with Crippen LogP contribution in [0.2, 0.25) is 0 Å². The van der Waals surface area contributed by atoms with Crippen LogP contribution in [0.5, 0.6) is 5.75 Å². The van der Waals surface area contributed by atoms with Gasteiger partial charge in [-0.3, -0.25) is 19.2 Å². The molecule has 2 rings (SSSR count). The molecule has 2 amide bonds. The molecule has 0 spiro atoms. The van der Waals surface area contributed by atoms with Gasteiger partial charge in [0.1, 0.15) is 5.75 Å². The molecular weight excluding hydrogens is 364 g/mol. The van der Waals surface area contributed by atoms with E-state index < -0.39 is 5.97 Å². The standard InChI is InChI=1S/C20H26N2O6/c1-3-27-19(25)8-7-18(24)21-16-9-11-22(12-10-16)20(26)15-5-4-6-17(13-15)28-14(2)23/h4-6,13,16H,3,7-12H2,1-2H3,(H,21,24). The van der Waals surface area contributed by atoms with E-state index in [0.717, 1.165) is 0 Å². The summed E-state index contributed by atoms with van der Waals surface area (Å²) in [6.07, 6.45) is 1.44. The Morgan fingerprint density at radius 1 is 1.14 bits per heavy atom. The number of ether oxygens (including phenoxy) is 2. The Hall–Kier alpha value is -2.90. The van der Waals surface area contributed by atoms with Crippen molar-refractivity contribution in [2.24, 2.45) is 0 Å². The van der Waals surface area contributed by atoms with Crippen molar-refractivity contribution in [1.29, 1.82) is 0 Å². The van der Waals surface area contributed by atoms with Gasteiger partial charge < -0.3 is 19.7 Å². The summed E-state index contributed by atoms with van der Waals surface area (Å²) in [5, 5.41) is 2.90. The number of amides is 2. The molecular formula is C20H26N2O6. The van der Waals surface area contributed by atoms with Gasteiger partial charge in [-0.25, -0.2) is 0 Å². The van der Waals surface area contributed by atoms with Crippen LogP contribution in [0.25, 0.3) is 0 Å². The number of nitrogens with one attached hydrogen (secondary N) is 1. The molecule has 8 heteroatoms. The van der Waals surface area contributed by atoms with Gasteiger partial charge in [-0.1, -0.05) is 6.07 Å². The fraction of sp³-hybridized carbons (Fsp3) is 0.500. The lowest BCUT2D eigenvalue weighted by Gasteiger charge is -2.32. The fourth-order valence-corrected chi connectivity index (χ4v) is 3.02. The zero-order chi connectivity index (χ0) is 20.5. The molecule has 152 valence electrons. The number of nitrogens with zero attached hydrogens (tertiary/aromatic N) is 1. The number of hydrogen-bond acceptors (Lipinski definition) is 6. The maximum Gasteiger partial charge on any atom is 0.308 e. The molecule has 0 unspecified atom stereocenters. The number of hydrogen-bond donors (Lipinski definition) is 1. The van der Waals surface area contributed by atoms with Gasteiger partial charge >= 0.3 is 11.9 Å². The maximum absolute atomic E-state index is 12.7. The molecule has 1 aliphatic heterocycles. The van der Waals surface area contributed by atoms with Crippen LogP contribution in [-0.4, -0.2) is 54.4 Å². The molecule has 1 aromatic rings. The topological polar surface area (TPSA) is 102 Å². The van der Waals surface area contributed by atoms with Crippen molar-refractivity contribution in [3.63, 3.8) is 0 Å². The van der Waals surface area contributed by atoms with Gasteiger partial charge in [0.05, 0.1) is 13.0 Å². The highest BCUT2D eigenvalue weighted by Crippen LogP contribution is 2.18. The molecule has 0 saturated carbocycles. The normalized spacial score (nSPS) is 14.3. The SMILES string of the molecule is CCOC(=O)CCC(=O)NC1CCN(C(=O)c2cccc(OC(C)=O)c2)CC1. The fourth-order valence-electron chi connectivity index (χ4n) is 3.02. The highest BCUT2D eigenvalue weighted by Gasteiger charge is 2.25. The molecule has 1 fully saturated rings. The maximum atomic E-state index is 12.7. The Balaban J connectivity index is 1.80. The Morgan fingerprint density at radius 2 is 1.86 bits per heavy atom. The molecule has 0 bridgehead atoms. The van der Waals surface area contributed by atoms with Gasteiger partial charge in [0.15, 0.2) is 0 Å². The van der Waals surface area contributed by atoms with Gasteiger partial charge in [-0.15, -0.1) is 0 Å². The highest BCUT2D eigenvalue weighted by atomic mass is 16.5. The van der Waals surface area contributed by atoms with Gasteiger partial charge in [0.25, 0.3) is 5.91 Å². The lowest BCUT2D eigenvalue weighted by molar-refractivity contribution is -0.144.